The van der Waals surface area contributed by atoms with E-state index in [0.717, 1.165) is 28.9 Å². The summed E-state index contributed by atoms with van der Waals surface area (Å²) in [7, 11) is 2.00. The topological polar surface area (TPSA) is 59.8 Å². The molecule has 134 valence electrons. The third kappa shape index (κ3) is 5.33. The number of amides is 1. The number of rotatable bonds is 7. The zero-order valence-electron chi connectivity index (χ0n) is 14.8. The summed E-state index contributed by atoms with van der Waals surface area (Å²) in [5.74, 6) is 2.16. The Morgan fingerprint density at radius 3 is 2.72 bits per heavy atom. The van der Waals surface area contributed by atoms with Crippen molar-refractivity contribution in [3.8, 4) is 0 Å². The van der Waals surface area contributed by atoms with Gasteiger partial charge in [-0.3, -0.25) is 4.79 Å². The highest BCUT2D eigenvalue weighted by molar-refractivity contribution is 7.99. The lowest BCUT2D eigenvalue weighted by Crippen LogP contribution is -2.24. The first-order chi connectivity index (χ1) is 12.2. The molecule has 0 bridgehead atoms. The minimum atomic E-state index is 0.0192. The lowest BCUT2D eigenvalue weighted by Gasteiger charge is -2.20. The number of carbonyl (C=O) groups excluding carboxylic acids is 1. The maximum atomic E-state index is 12.0. The van der Waals surface area contributed by atoms with E-state index in [1.807, 2.05) is 41.9 Å². The quantitative estimate of drug-likeness (QED) is 0.771. The Hall–Kier alpha value is -1.82. The standard InChI is InChI=1S/C19H26N4OS/c1-23-17(12-15-8-4-2-5-9-15)21-22-19(23)25-14-18(24)20-13-16-10-6-3-7-11-16/h3,6-7,10-11,15H,2,4-5,8-9,12-14H2,1H3,(H,20,24). The predicted molar refractivity (Wildman–Crippen MR) is 100 cm³/mol. The van der Waals surface area contributed by atoms with E-state index in [9.17, 15) is 4.79 Å². The highest BCUT2D eigenvalue weighted by atomic mass is 32.2. The lowest BCUT2D eigenvalue weighted by molar-refractivity contribution is -0.118. The summed E-state index contributed by atoms with van der Waals surface area (Å²) in [6, 6.07) is 9.94. The number of aromatic nitrogens is 3. The van der Waals surface area contributed by atoms with Gasteiger partial charge < -0.3 is 9.88 Å². The van der Waals surface area contributed by atoms with Crippen LogP contribution < -0.4 is 5.32 Å². The molecule has 1 aromatic carbocycles. The summed E-state index contributed by atoms with van der Waals surface area (Å²) in [6.07, 6.45) is 7.66. The fraction of sp³-hybridized carbons (Fsp3) is 0.526. The van der Waals surface area contributed by atoms with Crippen LogP contribution in [0.25, 0.3) is 0 Å². The number of nitrogens with zero attached hydrogens (tertiary/aromatic N) is 3. The van der Waals surface area contributed by atoms with Crippen LogP contribution in [-0.4, -0.2) is 26.4 Å². The SMILES string of the molecule is Cn1c(CC2CCCCC2)nnc1SCC(=O)NCc1ccccc1. The highest BCUT2D eigenvalue weighted by Crippen LogP contribution is 2.27. The van der Waals surface area contributed by atoms with Crippen LogP contribution in [0.15, 0.2) is 35.5 Å². The predicted octanol–water partition coefficient (Wildman–Crippen LogP) is 3.35. The molecule has 5 nitrogen and oxygen atoms in total. The van der Waals surface area contributed by atoms with Crippen LogP contribution in [0.3, 0.4) is 0 Å². The van der Waals surface area contributed by atoms with Crippen LogP contribution in [-0.2, 0) is 24.8 Å². The summed E-state index contributed by atoms with van der Waals surface area (Å²) in [4.78, 5) is 12.0. The molecule has 0 aliphatic heterocycles. The normalized spacial score (nSPS) is 15.2. The van der Waals surface area contributed by atoms with E-state index in [4.69, 9.17) is 0 Å². The van der Waals surface area contributed by atoms with Gasteiger partial charge >= 0.3 is 0 Å². The van der Waals surface area contributed by atoms with Crippen molar-refractivity contribution in [2.24, 2.45) is 13.0 Å². The summed E-state index contributed by atoms with van der Waals surface area (Å²) in [6.45, 7) is 0.561. The molecule has 3 rings (SSSR count). The van der Waals surface area contributed by atoms with Crippen LogP contribution in [0, 0.1) is 5.92 Å². The van der Waals surface area contributed by atoms with Gasteiger partial charge in [0.15, 0.2) is 5.16 Å². The van der Waals surface area contributed by atoms with Crippen LogP contribution in [0.5, 0.6) is 0 Å². The molecular weight excluding hydrogens is 332 g/mol. The molecule has 1 aromatic heterocycles. The average Bonchev–Trinajstić information content (AvgIpc) is 3.00. The fourth-order valence-corrected chi connectivity index (χ4v) is 4.04. The van der Waals surface area contributed by atoms with Crippen LogP contribution >= 0.6 is 11.8 Å². The molecule has 0 unspecified atom stereocenters. The summed E-state index contributed by atoms with van der Waals surface area (Å²) < 4.78 is 2.05. The van der Waals surface area contributed by atoms with E-state index in [1.54, 1.807) is 0 Å². The average molecular weight is 359 g/mol. The Morgan fingerprint density at radius 1 is 1.20 bits per heavy atom. The molecule has 6 heteroatoms. The van der Waals surface area contributed by atoms with Gasteiger partial charge in [-0.1, -0.05) is 74.2 Å². The Kier molecular flexibility index (Phi) is 6.50. The van der Waals surface area contributed by atoms with Gasteiger partial charge in [-0.15, -0.1) is 10.2 Å². The molecule has 0 radical (unpaired) electrons. The molecule has 0 spiro atoms. The lowest BCUT2D eigenvalue weighted by atomic mass is 9.87. The van der Waals surface area contributed by atoms with Gasteiger partial charge in [-0.2, -0.15) is 0 Å². The van der Waals surface area contributed by atoms with E-state index in [2.05, 4.69) is 15.5 Å². The van der Waals surface area contributed by atoms with Gasteiger partial charge in [0, 0.05) is 20.0 Å². The molecule has 1 amide bonds. The minimum Gasteiger partial charge on any atom is -0.351 e. The number of thioether (sulfide) groups is 1. The number of hydrogen-bond donors (Lipinski definition) is 1. The fourth-order valence-electron chi connectivity index (χ4n) is 3.28. The van der Waals surface area contributed by atoms with Gasteiger partial charge in [-0.25, -0.2) is 0 Å². The molecule has 1 fully saturated rings. The second kappa shape index (κ2) is 9.04. The first-order valence-electron chi connectivity index (χ1n) is 9.04. The van der Waals surface area contributed by atoms with Crippen molar-refractivity contribution in [1.82, 2.24) is 20.1 Å². The molecular formula is C19H26N4OS. The van der Waals surface area contributed by atoms with E-state index < -0.39 is 0 Å². The molecule has 0 saturated heterocycles. The smallest absolute Gasteiger partial charge is 0.230 e. The van der Waals surface area contributed by atoms with E-state index >= 15 is 0 Å². The summed E-state index contributed by atoms with van der Waals surface area (Å²) in [5, 5.41) is 12.4. The molecule has 25 heavy (non-hydrogen) atoms. The first-order valence-corrected chi connectivity index (χ1v) is 10.0. The summed E-state index contributed by atoms with van der Waals surface area (Å²) >= 11 is 1.45. The molecule has 1 aliphatic rings. The van der Waals surface area contributed by atoms with Gasteiger partial charge in [0.1, 0.15) is 5.82 Å². The molecule has 1 saturated carbocycles. The second-order valence-electron chi connectivity index (χ2n) is 6.72. The highest BCUT2D eigenvalue weighted by Gasteiger charge is 2.18. The van der Waals surface area contributed by atoms with Crippen molar-refractivity contribution in [2.45, 2.75) is 50.2 Å². The summed E-state index contributed by atoms with van der Waals surface area (Å²) in [5.41, 5.74) is 1.11. The van der Waals surface area contributed by atoms with Crippen LogP contribution in [0.1, 0.15) is 43.5 Å². The molecule has 1 heterocycles. The van der Waals surface area contributed by atoms with Crippen LogP contribution in [0.4, 0.5) is 0 Å². The second-order valence-corrected chi connectivity index (χ2v) is 7.66. The van der Waals surface area contributed by atoms with Gasteiger partial charge in [0.05, 0.1) is 5.75 Å². The Balaban J connectivity index is 1.45. The van der Waals surface area contributed by atoms with Crippen molar-refractivity contribution < 1.29 is 4.79 Å². The third-order valence-corrected chi connectivity index (χ3v) is 5.81. The first kappa shape index (κ1) is 18.0. The van der Waals surface area contributed by atoms with E-state index in [-0.39, 0.29) is 5.91 Å². The zero-order chi connectivity index (χ0) is 17.5. The number of benzene rings is 1. The number of nitrogens with one attached hydrogen (secondary N) is 1. The van der Waals surface area contributed by atoms with Crippen molar-refractivity contribution in [3.63, 3.8) is 0 Å². The van der Waals surface area contributed by atoms with Crippen molar-refractivity contribution in [3.05, 3.63) is 41.7 Å². The van der Waals surface area contributed by atoms with Crippen LogP contribution in [0.2, 0.25) is 0 Å². The van der Waals surface area contributed by atoms with Crippen molar-refractivity contribution in [2.75, 3.05) is 5.75 Å². The Labute approximate surface area is 153 Å². The maximum Gasteiger partial charge on any atom is 0.230 e. The van der Waals surface area contributed by atoms with Crippen molar-refractivity contribution >= 4 is 17.7 Å². The van der Waals surface area contributed by atoms with E-state index in [1.165, 1.54) is 43.9 Å². The number of carbonyl (C=O) groups is 1. The molecule has 0 atom stereocenters. The largest absolute Gasteiger partial charge is 0.351 e. The van der Waals surface area contributed by atoms with Gasteiger partial charge in [0.25, 0.3) is 0 Å². The third-order valence-electron chi connectivity index (χ3n) is 4.79. The molecule has 1 N–H and O–H groups in total. The molecule has 2 aromatic rings. The Bertz CT molecular complexity index is 680. The van der Waals surface area contributed by atoms with Crippen molar-refractivity contribution in [1.29, 1.82) is 0 Å². The van der Waals surface area contributed by atoms with E-state index in [0.29, 0.717) is 12.3 Å². The zero-order valence-corrected chi connectivity index (χ0v) is 15.6. The molecule has 1 aliphatic carbocycles. The van der Waals surface area contributed by atoms with Gasteiger partial charge in [-0.05, 0) is 11.5 Å². The monoisotopic (exact) mass is 358 g/mol. The maximum absolute atomic E-state index is 12.0. The minimum absolute atomic E-state index is 0.0192. The number of hydrogen-bond acceptors (Lipinski definition) is 4. The van der Waals surface area contributed by atoms with Gasteiger partial charge in [0.2, 0.25) is 5.91 Å². The Morgan fingerprint density at radius 2 is 1.96 bits per heavy atom.